The third-order valence-corrected chi connectivity index (χ3v) is 6.21. The number of amides is 1. The smallest absolute Gasteiger partial charge is 0.307 e. The number of hydrogen-bond acceptors (Lipinski definition) is 4. The normalized spacial score (nSPS) is 19.3. The number of benzene rings is 1. The molecule has 2 aromatic rings. The lowest BCUT2D eigenvalue weighted by atomic mass is 9.79. The van der Waals surface area contributed by atoms with Crippen LogP contribution in [0.25, 0.3) is 11.1 Å². The fourth-order valence-corrected chi connectivity index (χ4v) is 4.78. The quantitative estimate of drug-likeness (QED) is 0.799. The van der Waals surface area contributed by atoms with Gasteiger partial charge in [0.15, 0.2) is 0 Å². The fraction of sp³-hybridized carbons (Fsp3) is 0.381. The predicted octanol–water partition coefficient (Wildman–Crippen LogP) is 4.73. The van der Waals surface area contributed by atoms with Gasteiger partial charge < -0.3 is 10.4 Å². The summed E-state index contributed by atoms with van der Waals surface area (Å²) in [5.74, 6) is -2.41. The van der Waals surface area contributed by atoms with Crippen LogP contribution < -0.4 is 5.32 Å². The van der Waals surface area contributed by atoms with Gasteiger partial charge in [-0.1, -0.05) is 42.7 Å². The van der Waals surface area contributed by atoms with E-state index in [4.69, 9.17) is 0 Å². The van der Waals surface area contributed by atoms with Crippen LogP contribution in [0.1, 0.15) is 41.7 Å². The van der Waals surface area contributed by atoms with E-state index < -0.39 is 17.8 Å². The first-order valence-electron chi connectivity index (χ1n) is 9.06. The highest BCUT2D eigenvalue weighted by Crippen LogP contribution is 2.40. The highest BCUT2D eigenvalue weighted by molar-refractivity contribution is 7.17. The van der Waals surface area contributed by atoms with E-state index in [0.717, 1.165) is 34.4 Å². The summed E-state index contributed by atoms with van der Waals surface area (Å²) in [5.41, 5.74) is 3.34. The molecule has 1 aliphatic rings. The lowest BCUT2D eigenvalue weighted by Gasteiger charge is -2.27. The van der Waals surface area contributed by atoms with E-state index in [2.05, 4.69) is 11.4 Å². The summed E-state index contributed by atoms with van der Waals surface area (Å²) in [6.45, 7) is 3.93. The molecule has 1 aromatic heterocycles. The second-order valence-corrected chi connectivity index (χ2v) is 8.26. The maximum Gasteiger partial charge on any atom is 0.307 e. The molecule has 2 atom stereocenters. The zero-order valence-electron chi connectivity index (χ0n) is 15.4. The molecule has 1 amide bonds. The molecular formula is C21H22N2O3S. The van der Waals surface area contributed by atoms with Crippen LogP contribution >= 0.6 is 11.3 Å². The van der Waals surface area contributed by atoms with Crippen LogP contribution in [0, 0.1) is 37.0 Å². The van der Waals surface area contributed by atoms with Crippen LogP contribution in [-0.4, -0.2) is 17.0 Å². The highest BCUT2D eigenvalue weighted by atomic mass is 32.1. The minimum atomic E-state index is -0.918. The summed E-state index contributed by atoms with van der Waals surface area (Å²) in [5, 5.41) is 22.5. The molecular weight excluding hydrogens is 360 g/mol. The number of hydrogen-bond donors (Lipinski definition) is 2. The largest absolute Gasteiger partial charge is 0.481 e. The van der Waals surface area contributed by atoms with E-state index in [0.29, 0.717) is 23.4 Å². The number of carbonyl (C=O) groups is 2. The van der Waals surface area contributed by atoms with Crippen LogP contribution in [0.15, 0.2) is 24.3 Å². The van der Waals surface area contributed by atoms with Gasteiger partial charge in [0.1, 0.15) is 11.1 Å². The van der Waals surface area contributed by atoms with E-state index in [1.807, 2.05) is 38.1 Å². The van der Waals surface area contributed by atoms with Gasteiger partial charge in [-0.2, -0.15) is 5.26 Å². The molecule has 1 heterocycles. The molecule has 0 unspecified atom stereocenters. The van der Waals surface area contributed by atoms with Crippen molar-refractivity contribution in [2.75, 3.05) is 5.32 Å². The van der Waals surface area contributed by atoms with Crippen LogP contribution in [0.3, 0.4) is 0 Å². The lowest BCUT2D eigenvalue weighted by molar-refractivity contribution is -0.147. The molecule has 0 aliphatic heterocycles. The molecule has 3 rings (SSSR count). The molecule has 6 heteroatoms. The zero-order chi connectivity index (χ0) is 19.6. The third-order valence-electron chi connectivity index (χ3n) is 5.19. The van der Waals surface area contributed by atoms with Crippen molar-refractivity contribution in [2.45, 2.75) is 39.5 Å². The van der Waals surface area contributed by atoms with Gasteiger partial charge in [0.2, 0.25) is 5.91 Å². The second-order valence-electron chi connectivity index (χ2n) is 7.04. The van der Waals surface area contributed by atoms with E-state index in [9.17, 15) is 20.0 Å². The van der Waals surface area contributed by atoms with Gasteiger partial charge in [0, 0.05) is 10.4 Å². The molecule has 0 bridgehead atoms. The molecule has 5 nitrogen and oxygen atoms in total. The number of anilines is 1. The first-order chi connectivity index (χ1) is 12.9. The maximum atomic E-state index is 12.8. The molecule has 27 heavy (non-hydrogen) atoms. The number of aryl methyl sites for hydroxylation is 2. The van der Waals surface area contributed by atoms with Gasteiger partial charge in [0.05, 0.1) is 17.4 Å². The van der Waals surface area contributed by atoms with Gasteiger partial charge in [-0.25, -0.2) is 0 Å². The number of thiophene rings is 1. The van der Waals surface area contributed by atoms with Crippen molar-refractivity contribution in [3.05, 3.63) is 40.3 Å². The summed E-state index contributed by atoms with van der Waals surface area (Å²) < 4.78 is 0. The highest BCUT2D eigenvalue weighted by Gasteiger charge is 2.36. The van der Waals surface area contributed by atoms with Crippen molar-refractivity contribution < 1.29 is 14.7 Å². The molecule has 0 radical (unpaired) electrons. The van der Waals surface area contributed by atoms with Crippen molar-refractivity contribution >= 4 is 28.2 Å². The average Bonchev–Trinajstić information content (AvgIpc) is 2.97. The standard InChI is InChI=1S/C21H22N2O3S/c1-12-7-9-14(10-8-12)18-13(2)27-20(17(18)11-22)23-19(24)15-5-3-4-6-16(15)21(25)26/h7-10,15-16H,3-6H2,1-2H3,(H,23,24)(H,25,26)/t15-,16+/m0/s1. The van der Waals surface area contributed by atoms with Gasteiger partial charge in [-0.05, 0) is 32.3 Å². The summed E-state index contributed by atoms with van der Waals surface area (Å²) in [6.07, 6.45) is 2.78. The summed E-state index contributed by atoms with van der Waals surface area (Å²) in [7, 11) is 0. The van der Waals surface area contributed by atoms with Crippen molar-refractivity contribution in [3.63, 3.8) is 0 Å². The zero-order valence-corrected chi connectivity index (χ0v) is 16.2. The fourth-order valence-electron chi connectivity index (χ4n) is 3.75. The Bertz CT molecular complexity index is 909. The first-order valence-corrected chi connectivity index (χ1v) is 9.88. The summed E-state index contributed by atoms with van der Waals surface area (Å²) in [6, 6.07) is 10.1. The number of carbonyl (C=O) groups excluding carboxylic acids is 1. The van der Waals surface area contributed by atoms with E-state index in [1.165, 1.54) is 11.3 Å². The number of aliphatic carboxylic acids is 1. The Morgan fingerprint density at radius 2 is 1.78 bits per heavy atom. The van der Waals surface area contributed by atoms with E-state index >= 15 is 0 Å². The Morgan fingerprint density at radius 1 is 1.15 bits per heavy atom. The van der Waals surface area contributed by atoms with Gasteiger partial charge in [-0.3, -0.25) is 9.59 Å². The summed E-state index contributed by atoms with van der Waals surface area (Å²) in [4.78, 5) is 25.2. The van der Waals surface area contributed by atoms with Crippen molar-refractivity contribution in [2.24, 2.45) is 11.8 Å². The molecule has 1 saturated carbocycles. The van der Waals surface area contributed by atoms with Gasteiger partial charge in [0.25, 0.3) is 0 Å². The molecule has 0 saturated heterocycles. The third kappa shape index (κ3) is 3.88. The van der Waals surface area contributed by atoms with Crippen molar-refractivity contribution in [3.8, 4) is 17.2 Å². The molecule has 1 fully saturated rings. The minimum Gasteiger partial charge on any atom is -0.481 e. The lowest BCUT2D eigenvalue weighted by Crippen LogP contribution is -2.36. The SMILES string of the molecule is Cc1ccc(-c2c(C)sc(NC(=O)[C@H]3CCCC[C@H]3C(=O)O)c2C#N)cc1. The molecule has 1 aromatic carbocycles. The monoisotopic (exact) mass is 382 g/mol. The van der Waals surface area contributed by atoms with Gasteiger partial charge >= 0.3 is 5.97 Å². The summed E-state index contributed by atoms with van der Waals surface area (Å²) >= 11 is 1.36. The number of carboxylic acids is 1. The number of nitrogens with zero attached hydrogens (tertiary/aromatic N) is 1. The molecule has 0 spiro atoms. The van der Waals surface area contributed by atoms with Crippen LogP contribution in [0.5, 0.6) is 0 Å². The number of carboxylic acid groups (broad SMARTS) is 1. The Morgan fingerprint density at radius 3 is 2.37 bits per heavy atom. The topological polar surface area (TPSA) is 90.2 Å². The van der Waals surface area contributed by atoms with Crippen molar-refractivity contribution in [1.82, 2.24) is 0 Å². The Balaban J connectivity index is 1.90. The Labute approximate surface area is 162 Å². The van der Waals surface area contributed by atoms with Crippen LogP contribution in [0.2, 0.25) is 0 Å². The minimum absolute atomic E-state index is 0.296. The molecule has 140 valence electrons. The van der Waals surface area contributed by atoms with E-state index in [-0.39, 0.29) is 5.91 Å². The predicted molar refractivity (Wildman–Crippen MR) is 106 cm³/mol. The Hall–Kier alpha value is -2.65. The molecule has 1 aliphatic carbocycles. The molecule has 2 N–H and O–H groups in total. The second kappa shape index (κ2) is 7.93. The average molecular weight is 382 g/mol. The number of nitriles is 1. The number of rotatable bonds is 4. The van der Waals surface area contributed by atoms with Gasteiger partial charge in [-0.15, -0.1) is 11.3 Å². The van der Waals surface area contributed by atoms with Crippen molar-refractivity contribution in [1.29, 1.82) is 5.26 Å². The number of nitrogens with one attached hydrogen (secondary N) is 1. The Kier molecular flexibility index (Phi) is 5.62. The van der Waals surface area contributed by atoms with Crippen LogP contribution in [0.4, 0.5) is 5.00 Å². The van der Waals surface area contributed by atoms with E-state index in [1.54, 1.807) is 0 Å². The first kappa shape index (κ1) is 19.1. The van der Waals surface area contributed by atoms with Crippen LogP contribution in [-0.2, 0) is 9.59 Å². The maximum absolute atomic E-state index is 12.8.